The maximum absolute atomic E-state index is 11.2. The lowest BCUT2D eigenvalue weighted by Gasteiger charge is -2.09. The molecule has 0 aliphatic carbocycles. The number of ether oxygens (including phenoxy) is 1. The minimum absolute atomic E-state index is 0. The molecule has 1 aromatic carbocycles. The summed E-state index contributed by atoms with van der Waals surface area (Å²) in [5.74, 6) is -0.381. The molecule has 0 saturated carbocycles. The highest BCUT2D eigenvalue weighted by atomic mass is 35.5. The Hall–Kier alpha value is -0.770. The van der Waals surface area contributed by atoms with E-state index in [9.17, 15) is 4.79 Å². The van der Waals surface area contributed by atoms with Crippen molar-refractivity contribution in [1.29, 1.82) is 0 Å². The first kappa shape index (κ1) is 16.7. The van der Waals surface area contributed by atoms with Crippen LogP contribution in [0.2, 0.25) is 0 Å². The summed E-state index contributed by atoms with van der Waals surface area (Å²) < 4.78 is 4.79. The van der Waals surface area contributed by atoms with Crippen molar-refractivity contribution in [2.24, 2.45) is 5.73 Å². The van der Waals surface area contributed by atoms with E-state index in [-0.39, 0.29) is 30.8 Å². The Balaban J connectivity index is 0. The van der Waals surface area contributed by atoms with Crippen molar-refractivity contribution < 1.29 is 9.53 Å². The van der Waals surface area contributed by atoms with Gasteiger partial charge < -0.3 is 10.5 Å². The number of benzene rings is 1. The van der Waals surface area contributed by atoms with E-state index in [2.05, 4.69) is 0 Å². The normalized spacial score (nSPS) is 10.5. The smallest absolute Gasteiger partial charge is 0.327 e. The van der Waals surface area contributed by atoms with Gasteiger partial charge in [-0.2, -0.15) is 0 Å². The van der Waals surface area contributed by atoms with E-state index in [0.717, 1.165) is 5.56 Å². The van der Waals surface area contributed by atoms with Gasteiger partial charge >= 0.3 is 5.97 Å². The van der Waals surface area contributed by atoms with Crippen molar-refractivity contribution in [3.63, 3.8) is 0 Å². The van der Waals surface area contributed by atoms with Crippen LogP contribution in [0.15, 0.2) is 30.3 Å². The number of hydrogen-bond donors (Lipinski definition) is 1. The fraction of sp³-hybridized carbons (Fsp3) is 0.300. The highest BCUT2D eigenvalue weighted by molar-refractivity contribution is 5.85. The van der Waals surface area contributed by atoms with Crippen LogP contribution in [0.5, 0.6) is 0 Å². The number of esters is 1. The molecule has 0 saturated heterocycles. The summed E-state index contributed by atoms with van der Waals surface area (Å²) in [5, 5.41) is 0. The first-order valence-electron chi connectivity index (χ1n) is 4.23. The van der Waals surface area contributed by atoms with Gasteiger partial charge in [0, 0.05) is 0 Å². The van der Waals surface area contributed by atoms with Crippen LogP contribution in [0.25, 0.3) is 0 Å². The van der Waals surface area contributed by atoms with E-state index in [4.69, 9.17) is 10.5 Å². The molecule has 5 heteroatoms. The number of carbonyl (C=O) groups is 1. The van der Waals surface area contributed by atoms with Gasteiger partial charge in [0.1, 0.15) is 6.04 Å². The molecule has 1 rings (SSSR count). The first-order chi connectivity index (χ1) is 6.25. The zero-order chi connectivity index (χ0) is 9.68. The number of hydrogen-bond acceptors (Lipinski definition) is 3. The van der Waals surface area contributed by atoms with Gasteiger partial charge in [-0.15, -0.1) is 24.8 Å². The summed E-state index contributed by atoms with van der Waals surface area (Å²) in [4.78, 5) is 11.2. The van der Waals surface area contributed by atoms with Gasteiger partial charge in [-0.25, -0.2) is 4.79 Å². The third kappa shape index (κ3) is 5.02. The maximum Gasteiger partial charge on any atom is 0.327 e. The summed E-state index contributed by atoms with van der Waals surface area (Å²) in [5.41, 5.74) is 6.43. The Morgan fingerprint density at radius 2 is 1.87 bits per heavy atom. The van der Waals surface area contributed by atoms with Crippen LogP contribution in [-0.2, 0) is 9.53 Å². The number of rotatable bonds is 3. The fourth-order valence-electron chi connectivity index (χ4n) is 1.03. The number of halogens is 2. The Bertz CT molecular complexity index is 280. The molecule has 0 spiro atoms. The Morgan fingerprint density at radius 1 is 1.33 bits per heavy atom. The molecular weight excluding hydrogens is 237 g/mol. The molecule has 0 fully saturated rings. The van der Waals surface area contributed by atoms with Crippen LogP contribution in [-0.4, -0.2) is 12.6 Å². The van der Waals surface area contributed by atoms with Crippen molar-refractivity contribution in [1.82, 2.24) is 0 Å². The third-order valence-corrected chi connectivity index (χ3v) is 1.70. The number of carbonyl (C=O) groups excluding carboxylic acids is 1. The molecule has 0 aliphatic rings. The van der Waals surface area contributed by atoms with Crippen molar-refractivity contribution >= 4 is 30.8 Å². The molecule has 1 aromatic rings. The predicted octanol–water partition coefficient (Wildman–Crippen LogP) is 2.09. The summed E-state index contributed by atoms with van der Waals surface area (Å²) in [6.45, 7) is 2.12. The van der Waals surface area contributed by atoms with Gasteiger partial charge in [0.2, 0.25) is 0 Å². The lowest BCUT2D eigenvalue weighted by Crippen LogP contribution is -2.23. The second kappa shape index (κ2) is 8.53. The average Bonchev–Trinajstić information content (AvgIpc) is 2.18. The Morgan fingerprint density at radius 3 is 2.33 bits per heavy atom. The predicted molar refractivity (Wildman–Crippen MR) is 64.5 cm³/mol. The largest absolute Gasteiger partial charge is 0.465 e. The Labute approximate surface area is 102 Å². The first-order valence-corrected chi connectivity index (χ1v) is 4.23. The van der Waals surface area contributed by atoms with Gasteiger partial charge in [-0.3, -0.25) is 0 Å². The second-order valence-electron chi connectivity index (χ2n) is 2.64. The van der Waals surface area contributed by atoms with E-state index in [1.807, 2.05) is 30.3 Å². The molecule has 0 heterocycles. The molecule has 1 unspecified atom stereocenters. The molecule has 0 bridgehead atoms. The SMILES string of the molecule is CCOC(=O)C(N)c1ccccc1.Cl.Cl. The van der Waals surface area contributed by atoms with Crippen LogP contribution in [0, 0.1) is 0 Å². The molecule has 3 nitrogen and oxygen atoms in total. The molecule has 0 radical (unpaired) electrons. The molecule has 0 amide bonds. The third-order valence-electron chi connectivity index (χ3n) is 1.70. The highest BCUT2D eigenvalue weighted by Gasteiger charge is 2.15. The fourth-order valence-corrected chi connectivity index (χ4v) is 1.03. The summed E-state index contributed by atoms with van der Waals surface area (Å²) in [6, 6.07) is 8.51. The molecule has 86 valence electrons. The van der Waals surface area contributed by atoms with E-state index < -0.39 is 6.04 Å². The van der Waals surface area contributed by atoms with Crippen LogP contribution >= 0.6 is 24.8 Å². The van der Waals surface area contributed by atoms with Gasteiger partial charge in [0.05, 0.1) is 6.61 Å². The number of nitrogens with two attached hydrogens (primary N) is 1. The molecular formula is C10H15Cl2NO2. The lowest BCUT2D eigenvalue weighted by atomic mass is 10.1. The zero-order valence-electron chi connectivity index (χ0n) is 8.38. The van der Waals surface area contributed by atoms with Crippen LogP contribution in [0.1, 0.15) is 18.5 Å². The average molecular weight is 252 g/mol. The minimum atomic E-state index is -0.666. The van der Waals surface area contributed by atoms with Crippen molar-refractivity contribution in [2.75, 3.05) is 6.61 Å². The summed E-state index contributed by atoms with van der Waals surface area (Å²) in [6.07, 6.45) is 0. The molecule has 2 N–H and O–H groups in total. The quantitative estimate of drug-likeness (QED) is 0.838. The van der Waals surface area contributed by atoms with E-state index in [1.54, 1.807) is 6.92 Å². The lowest BCUT2D eigenvalue weighted by molar-refractivity contribution is -0.144. The zero-order valence-corrected chi connectivity index (χ0v) is 10.0. The van der Waals surface area contributed by atoms with Crippen LogP contribution < -0.4 is 5.73 Å². The van der Waals surface area contributed by atoms with Crippen molar-refractivity contribution in [3.05, 3.63) is 35.9 Å². The molecule has 0 aliphatic heterocycles. The van der Waals surface area contributed by atoms with E-state index in [1.165, 1.54) is 0 Å². The minimum Gasteiger partial charge on any atom is -0.465 e. The van der Waals surface area contributed by atoms with Gasteiger partial charge in [0.15, 0.2) is 0 Å². The van der Waals surface area contributed by atoms with Gasteiger partial charge in [-0.1, -0.05) is 30.3 Å². The van der Waals surface area contributed by atoms with E-state index in [0.29, 0.717) is 6.61 Å². The monoisotopic (exact) mass is 251 g/mol. The Kier molecular flexibility index (Phi) is 9.47. The van der Waals surface area contributed by atoms with Gasteiger partial charge in [0.25, 0.3) is 0 Å². The van der Waals surface area contributed by atoms with Gasteiger partial charge in [-0.05, 0) is 12.5 Å². The second-order valence-corrected chi connectivity index (χ2v) is 2.64. The highest BCUT2D eigenvalue weighted by Crippen LogP contribution is 2.10. The summed E-state index contributed by atoms with van der Waals surface area (Å²) >= 11 is 0. The van der Waals surface area contributed by atoms with Crippen LogP contribution in [0.3, 0.4) is 0 Å². The maximum atomic E-state index is 11.2. The molecule has 1 atom stereocenters. The molecule has 15 heavy (non-hydrogen) atoms. The summed E-state index contributed by atoms with van der Waals surface area (Å²) in [7, 11) is 0. The van der Waals surface area contributed by atoms with Crippen LogP contribution in [0.4, 0.5) is 0 Å². The topological polar surface area (TPSA) is 52.3 Å². The van der Waals surface area contributed by atoms with Crippen molar-refractivity contribution in [3.8, 4) is 0 Å². The van der Waals surface area contributed by atoms with Crippen molar-refractivity contribution in [2.45, 2.75) is 13.0 Å². The standard InChI is InChI=1S/C10H13NO2.2ClH/c1-2-13-10(12)9(11)8-6-4-3-5-7-8;;/h3-7,9H,2,11H2,1H3;2*1H. The van der Waals surface area contributed by atoms with E-state index >= 15 is 0 Å². The molecule has 0 aromatic heterocycles.